The lowest BCUT2D eigenvalue weighted by Crippen LogP contribution is -2.52. The van der Waals surface area contributed by atoms with Crippen molar-refractivity contribution in [3.63, 3.8) is 0 Å². The van der Waals surface area contributed by atoms with Crippen LogP contribution in [-0.4, -0.2) is 38.6 Å². The highest BCUT2D eigenvalue weighted by Gasteiger charge is 2.57. The smallest absolute Gasteiger partial charge is 0.130 e. The SMILES string of the molecule is c1cc2c(OCC3CO3)cc(OCC3CO3)cc2c(C23CC4CC(CC(C4)C2)C3)c1C12CC3CC(CC(C3)C1)C2. The second-order valence-corrected chi connectivity index (χ2v) is 15.9. The third-order valence-corrected chi connectivity index (χ3v) is 12.9. The minimum Gasteiger partial charge on any atom is -0.491 e. The highest BCUT2D eigenvalue weighted by atomic mass is 16.6. The summed E-state index contributed by atoms with van der Waals surface area (Å²) in [6.45, 7) is 2.91. The topological polar surface area (TPSA) is 43.5 Å². The molecule has 2 aliphatic heterocycles. The minimum absolute atomic E-state index is 0.244. The van der Waals surface area contributed by atoms with Crippen LogP contribution in [-0.2, 0) is 20.3 Å². The zero-order valence-electron chi connectivity index (χ0n) is 23.9. The number of hydrogen-bond acceptors (Lipinski definition) is 4. The Morgan fingerprint density at radius 3 is 1.62 bits per heavy atom. The molecule has 2 saturated heterocycles. The van der Waals surface area contributed by atoms with Gasteiger partial charge in [-0.2, -0.15) is 0 Å². The van der Waals surface area contributed by atoms with E-state index >= 15 is 0 Å². The summed E-state index contributed by atoms with van der Waals surface area (Å²) < 4.78 is 24.0. The molecule has 0 amide bonds. The Labute approximate surface area is 238 Å². The van der Waals surface area contributed by atoms with Crippen LogP contribution < -0.4 is 9.47 Å². The first-order chi connectivity index (χ1) is 19.6. The van der Waals surface area contributed by atoms with E-state index in [1.165, 1.54) is 87.8 Å². The van der Waals surface area contributed by atoms with Crippen molar-refractivity contribution in [1.82, 2.24) is 0 Å². The molecule has 2 unspecified atom stereocenters. The van der Waals surface area contributed by atoms with E-state index in [4.69, 9.17) is 18.9 Å². The number of ether oxygens (including phenoxy) is 4. The molecule has 10 fully saturated rings. The van der Waals surface area contributed by atoms with E-state index in [0.29, 0.717) is 24.0 Å². The zero-order chi connectivity index (χ0) is 26.1. The van der Waals surface area contributed by atoms with Crippen molar-refractivity contribution < 1.29 is 18.9 Å². The third kappa shape index (κ3) is 3.77. The van der Waals surface area contributed by atoms with Gasteiger partial charge in [-0.25, -0.2) is 0 Å². The van der Waals surface area contributed by atoms with Crippen molar-refractivity contribution in [2.45, 2.75) is 100 Å². The van der Waals surface area contributed by atoms with Crippen molar-refractivity contribution in [2.75, 3.05) is 26.4 Å². The van der Waals surface area contributed by atoms with Gasteiger partial charge in [0.15, 0.2) is 0 Å². The van der Waals surface area contributed by atoms with Gasteiger partial charge in [-0.1, -0.05) is 12.1 Å². The van der Waals surface area contributed by atoms with Crippen molar-refractivity contribution in [3.8, 4) is 11.5 Å². The first-order valence-electron chi connectivity index (χ1n) is 16.7. The van der Waals surface area contributed by atoms with Gasteiger partial charge in [0.1, 0.15) is 36.9 Å². The Balaban J connectivity index is 1.18. The largest absolute Gasteiger partial charge is 0.491 e. The van der Waals surface area contributed by atoms with Gasteiger partial charge in [0, 0.05) is 11.5 Å². The molecule has 40 heavy (non-hydrogen) atoms. The lowest BCUT2D eigenvalue weighted by Gasteiger charge is -2.61. The average molecular weight is 541 g/mol. The van der Waals surface area contributed by atoms with Crippen LogP contribution in [0.4, 0.5) is 0 Å². The summed E-state index contributed by atoms with van der Waals surface area (Å²) in [4.78, 5) is 0. The monoisotopic (exact) mass is 540 g/mol. The number of epoxide rings is 2. The summed E-state index contributed by atoms with van der Waals surface area (Å²) in [5, 5.41) is 2.76. The average Bonchev–Trinajstić information content (AvgIpc) is 3.84. The Morgan fingerprint density at radius 1 is 0.600 bits per heavy atom. The van der Waals surface area contributed by atoms with Gasteiger partial charge in [0.05, 0.1) is 13.2 Å². The molecule has 2 aromatic carbocycles. The van der Waals surface area contributed by atoms with Gasteiger partial charge < -0.3 is 18.9 Å². The van der Waals surface area contributed by atoms with E-state index in [1.807, 2.05) is 0 Å². The van der Waals surface area contributed by atoms with Crippen LogP contribution in [0.15, 0.2) is 24.3 Å². The molecule has 12 rings (SSSR count). The molecular weight excluding hydrogens is 496 g/mol. The number of fused-ring (bicyclic) bond motifs is 1. The van der Waals surface area contributed by atoms with Crippen LogP contribution in [0.25, 0.3) is 10.8 Å². The summed E-state index contributed by atoms with van der Waals surface area (Å²) >= 11 is 0. The highest BCUT2D eigenvalue weighted by Crippen LogP contribution is 2.66. The minimum atomic E-state index is 0.244. The second kappa shape index (κ2) is 8.40. The van der Waals surface area contributed by atoms with Gasteiger partial charge >= 0.3 is 0 Å². The van der Waals surface area contributed by atoms with E-state index in [0.717, 1.165) is 60.2 Å². The molecule has 2 atom stereocenters. The molecule has 4 heteroatoms. The fourth-order valence-corrected chi connectivity index (χ4v) is 12.1. The van der Waals surface area contributed by atoms with Gasteiger partial charge in [-0.15, -0.1) is 0 Å². The summed E-state index contributed by atoms with van der Waals surface area (Å²) in [5.41, 5.74) is 4.25. The molecule has 0 N–H and O–H groups in total. The molecule has 212 valence electrons. The van der Waals surface area contributed by atoms with Crippen molar-refractivity contribution >= 4 is 10.8 Å². The molecule has 0 spiro atoms. The first-order valence-corrected chi connectivity index (χ1v) is 16.7. The standard InChI is InChI=1S/C36H44O4/c1-2-32(35-11-21-3-22(12-35)5-23(4-21)13-35)34(36-14-24-6-25(15-36)8-26(7-24)16-36)31-9-27(37-17-28-18-38-28)10-33(30(1)31)40-20-29-19-39-29/h1-2,9-10,21-26,28-29H,3-8,11-20H2. The van der Waals surface area contributed by atoms with E-state index in [2.05, 4.69) is 24.3 Å². The van der Waals surface area contributed by atoms with Crippen molar-refractivity contribution in [3.05, 3.63) is 35.4 Å². The molecule has 2 heterocycles. The molecule has 8 aliphatic carbocycles. The lowest BCUT2D eigenvalue weighted by atomic mass is 9.44. The quantitative estimate of drug-likeness (QED) is 0.329. The molecule has 0 radical (unpaired) electrons. The maximum Gasteiger partial charge on any atom is 0.130 e. The summed E-state index contributed by atoms with van der Waals surface area (Å²) in [5.74, 6) is 7.61. The van der Waals surface area contributed by atoms with Gasteiger partial charge in [-0.3, -0.25) is 0 Å². The summed E-state index contributed by atoms with van der Waals surface area (Å²) in [6.07, 6.45) is 18.0. The lowest BCUT2D eigenvalue weighted by molar-refractivity contribution is -0.0168. The Hall–Kier alpha value is -1.78. The van der Waals surface area contributed by atoms with Crippen LogP contribution in [0.3, 0.4) is 0 Å². The third-order valence-electron chi connectivity index (χ3n) is 12.9. The van der Waals surface area contributed by atoms with Crippen LogP contribution in [0, 0.1) is 35.5 Å². The normalized spacial score (nSPS) is 45.3. The molecule has 8 bridgehead atoms. The Kier molecular flexibility index (Phi) is 4.99. The molecule has 4 nitrogen and oxygen atoms in total. The number of rotatable bonds is 8. The van der Waals surface area contributed by atoms with Crippen LogP contribution in [0.1, 0.15) is 88.2 Å². The molecule has 10 aliphatic rings. The van der Waals surface area contributed by atoms with E-state index in [9.17, 15) is 0 Å². The Bertz CT molecular complexity index is 1280. The van der Waals surface area contributed by atoms with Crippen LogP contribution >= 0.6 is 0 Å². The van der Waals surface area contributed by atoms with E-state index < -0.39 is 0 Å². The Morgan fingerprint density at radius 2 is 1.10 bits per heavy atom. The van der Waals surface area contributed by atoms with E-state index in [-0.39, 0.29) is 12.2 Å². The predicted octanol–water partition coefficient (Wildman–Crippen LogP) is 7.33. The molecule has 8 saturated carbocycles. The number of benzene rings is 2. The molecule has 2 aromatic rings. The maximum atomic E-state index is 6.53. The summed E-state index contributed by atoms with van der Waals surface area (Å²) in [6, 6.07) is 9.66. The van der Waals surface area contributed by atoms with Crippen LogP contribution in [0.5, 0.6) is 11.5 Å². The fraction of sp³-hybridized carbons (Fsp3) is 0.722. The zero-order valence-corrected chi connectivity index (χ0v) is 23.9. The summed E-state index contributed by atoms with van der Waals surface area (Å²) in [7, 11) is 0. The van der Waals surface area contributed by atoms with Crippen molar-refractivity contribution in [2.24, 2.45) is 35.5 Å². The van der Waals surface area contributed by atoms with Crippen LogP contribution in [0.2, 0.25) is 0 Å². The molecular formula is C36H44O4. The van der Waals surface area contributed by atoms with Gasteiger partial charge in [-0.05, 0) is 146 Å². The molecule has 0 aromatic heterocycles. The van der Waals surface area contributed by atoms with Gasteiger partial charge in [0.25, 0.3) is 0 Å². The van der Waals surface area contributed by atoms with E-state index in [1.54, 1.807) is 11.1 Å². The highest BCUT2D eigenvalue weighted by molar-refractivity contribution is 5.94. The first kappa shape index (κ1) is 23.7. The van der Waals surface area contributed by atoms with Crippen molar-refractivity contribution in [1.29, 1.82) is 0 Å². The fourth-order valence-electron chi connectivity index (χ4n) is 12.1. The second-order valence-electron chi connectivity index (χ2n) is 15.9. The maximum absolute atomic E-state index is 6.53. The van der Waals surface area contributed by atoms with Gasteiger partial charge in [0.2, 0.25) is 0 Å². The number of hydrogen-bond donors (Lipinski definition) is 0. The predicted molar refractivity (Wildman–Crippen MR) is 154 cm³/mol.